The second kappa shape index (κ2) is 4.64. The minimum atomic E-state index is -0.365. The lowest BCUT2D eigenvalue weighted by atomic mass is 10.0. The van der Waals surface area contributed by atoms with Gasteiger partial charge >= 0.3 is 0 Å². The first kappa shape index (κ1) is 11.0. The number of nitrogens with one attached hydrogen (secondary N) is 1. The lowest BCUT2D eigenvalue weighted by Crippen LogP contribution is -2.12. The molecule has 0 aliphatic carbocycles. The smallest absolute Gasteiger partial charge is 0.219 e. The number of hydrogen-bond acceptors (Lipinski definition) is 3. The number of halogens is 1. The van der Waals surface area contributed by atoms with Crippen LogP contribution in [0.2, 0.25) is 0 Å². The molecule has 18 heavy (non-hydrogen) atoms. The zero-order valence-corrected chi connectivity index (χ0v) is 9.82. The van der Waals surface area contributed by atoms with Crippen molar-refractivity contribution in [2.75, 3.05) is 11.9 Å². The van der Waals surface area contributed by atoms with Crippen molar-refractivity contribution in [1.82, 2.24) is 4.98 Å². The van der Waals surface area contributed by atoms with E-state index in [1.807, 2.05) is 12.1 Å². The summed E-state index contributed by atoms with van der Waals surface area (Å²) in [6.07, 6.45) is 3.33. The Morgan fingerprint density at radius 1 is 1.22 bits per heavy atom. The topological polar surface area (TPSA) is 34.1 Å². The predicted octanol–water partition coefficient (Wildman–Crippen LogP) is 3.37. The third kappa shape index (κ3) is 2.14. The molecule has 92 valence electrons. The summed E-state index contributed by atoms with van der Waals surface area (Å²) < 4.78 is 18.5. The van der Waals surface area contributed by atoms with Crippen LogP contribution in [0.3, 0.4) is 0 Å². The highest BCUT2D eigenvalue weighted by atomic mass is 19.1. The molecular formula is C14H13FN2O. The number of benzene rings is 1. The molecule has 3 rings (SSSR count). The standard InChI is InChI=1S/C14H13FN2O/c15-11-6-7-13(17-9-11)18-12-5-1-3-10-4-2-8-16-14(10)12/h1,3,5-7,9,16H,2,4,8H2. The number of aromatic nitrogens is 1. The van der Waals surface area contributed by atoms with Gasteiger partial charge in [0.25, 0.3) is 0 Å². The zero-order chi connectivity index (χ0) is 12.4. The van der Waals surface area contributed by atoms with Crippen molar-refractivity contribution >= 4 is 5.69 Å². The Labute approximate surface area is 105 Å². The number of rotatable bonds is 2. The molecule has 0 unspecified atom stereocenters. The van der Waals surface area contributed by atoms with Crippen LogP contribution in [0.4, 0.5) is 10.1 Å². The molecule has 0 fully saturated rings. The van der Waals surface area contributed by atoms with Gasteiger partial charge in [0.1, 0.15) is 5.82 Å². The number of hydrogen-bond donors (Lipinski definition) is 1. The number of anilines is 1. The molecule has 0 spiro atoms. The Kier molecular flexibility index (Phi) is 2.84. The van der Waals surface area contributed by atoms with E-state index in [2.05, 4.69) is 16.4 Å². The summed E-state index contributed by atoms with van der Waals surface area (Å²) in [4.78, 5) is 3.90. The maximum Gasteiger partial charge on any atom is 0.219 e. The van der Waals surface area contributed by atoms with Crippen LogP contribution in [0, 0.1) is 5.82 Å². The fourth-order valence-electron chi connectivity index (χ4n) is 2.10. The third-order valence-corrected chi connectivity index (χ3v) is 2.95. The maximum atomic E-state index is 12.8. The van der Waals surface area contributed by atoms with Crippen LogP contribution in [-0.2, 0) is 6.42 Å². The molecule has 0 bridgehead atoms. The minimum Gasteiger partial charge on any atom is -0.437 e. The van der Waals surface area contributed by atoms with Crippen molar-refractivity contribution in [3.05, 3.63) is 47.9 Å². The van der Waals surface area contributed by atoms with Gasteiger partial charge in [-0.1, -0.05) is 12.1 Å². The number of pyridine rings is 1. The summed E-state index contributed by atoms with van der Waals surface area (Å²) >= 11 is 0. The van der Waals surface area contributed by atoms with Crippen LogP contribution in [-0.4, -0.2) is 11.5 Å². The molecule has 0 amide bonds. The summed E-state index contributed by atoms with van der Waals surface area (Å²) in [5, 5.41) is 3.34. The molecule has 1 aliphatic heterocycles. The normalized spacial score (nSPS) is 13.6. The fraction of sp³-hybridized carbons (Fsp3) is 0.214. The highest BCUT2D eigenvalue weighted by molar-refractivity contribution is 5.64. The van der Waals surface area contributed by atoms with Gasteiger partial charge in [-0.2, -0.15) is 0 Å². The minimum absolute atomic E-state index is 0.365. The first-order valence-corrected chi connectivity index (χ1v) is 5.98. The molecule has 3 nitrogen and oxygen atoms in total. The van der Waals surface area contributed by atoms with Gasteiger partial charge in [-0.15, -0.1) is 0 Å². The Hall–Kier alpha value is -2.10. The van der Waals surface area contributed by atoms with Gasteiger partial charge in [0.05, 0.1) is 11.9 Å². The second-order valence-electron chi connectivity index (χ2n) is 4.24. The van der Waals surface area contributed by atoms with Gasteiger partial charge in [0.15, 0.2) is 5.75 Å². The molecule has 1 aliphatic rings. The predicted molar refractivity (Wildman–Crippen MR) is 67.5 cm³/mol. The second-order valence-corrected chi connectivity index (χ2v) is 4.24. The van der Waals surface area contributed by atoms with Gasteiger partial charge in [-0.3, -0.25) is 0 Å². The molecule has 0 saturated carbocycles. The van der Waals surface area contributed by atoms with Crippen molar-refractivity contribution in [3.63, 3.8) is 0 Å². The fourth-order valence-corrected chi connectivity index (χ4v) is 2.10. The molecular weight excluding hydrogens is 231 g/mol. The van der Waals surface area contributed by atoms with E-state index in [9.17, 15) is 4.39 Å². The van der Waals surface area contributed by atoms with Crippen LogP contribution >= 0.6 is 0 Å². The van der Waals surface area contributed by atoms with Gasteiger partial charge in [0, 0.05) is 12.6 Å². The van der Waals surface area contributed by atoms with E-state index in [-0.39, 0.29) is 5.82 Å². The van der Waals surface area contributed by atoms with E-state index >= 15 is 0 Å². The van der Waals surface area contributed by atoms with Gasteiger partial charge in [-0.25, -0.2) is 9.37 Å². The quantitative estimate of drug-likeness (QED) is 0.879. The average Bonchev–Trinajstić information content (AvgIpc) is 2.42. The maximum absolute atomic E-state index is 12.8. The first-order chi connectivity index (χ1) is 8.83. The average molecular weight is 244 g/mol. The van der Waals surface area contributed by atoms with Gasteiger partial charge in [0.2, 0.25) is 5.88 Å². The highest BCUT2D eigenvalue weighted by Gasteiger charge is 2.13. The SMILES string of the molecule is Fc1ccc(Oc2cccc3c2NCCC3)nc1. The zero-order valence-electron chi connectivity index (χ0n) is 9.82. The van der Waals surface area contributed by atoms with Crippen molar-refractivity contribution in [2.24, 2.45) is 0 Å². The van der Waals surface area contributed by atoms with Crippen LogP contribution in [0.15, 0.2) is 36.5 Å². The molecule has 2 heterocycles. The van der Waals surface area contributed by atoms with Crippen molar-refractivity contribution < 1.29 is 9.13 Å². The summed E-state index contributed by atoms with van der Waals surface area (Å²) in [7, 11) is 0. The summed E-state index contributed by atoms with van der Waals surface area (Å²) in [6, 6.07) is 8.81. The molecule has 2 aromatic rings. The van der Waals surface area contributed by atoms with Crippen molar-refractivity contribution in [2.45, 2.75) is 12.8 Å². The van der Waals surface area contributed by atoms with Crippen LogP contribution in [0.1, 0.15) is 12.0 Å². The van der Waals surface area contributed by atoms with E-state index in [1.165, 1.54) is 17.7 Å². The van der Waals surface area contributed by atoms with E-state index in [4.69, 9.17) is 4.74 Å². The summed E-state index contributed by atoms with van der Waals surface area (Å²) in [5.41, 5.74) is 2.27. The molecule has 4 heteroatoms. The third-order valence-electron chi connectivity index (χ3n) is 2.95. The number of para-hydroxylation sites is 1. The number of aryl methyl sites for hydroxylation is 1. The van der Waals surface area contributed by atoms with Crippen molar-refractivity contribution in [3.8, 4) is 11.6 Å². The number of ether oxygens (including phenoxy) is 1. The molecule has 0 atom stereocenters. The number of nitrogens with zero attached hydrogens (tertiary/aromatic N) is 1. The van der Waals surface area contributed by atoms with Crippen LogP contribution in [0.5, 0.6) is 11.6 Å². The van der Waals surface area contributed by atoms with Gasteiger partial charge in [-0.05, 0) is 30.5 Å². The van der Waals surface area contributed by atoms with E-state index in [1.54, 1.807) is 0 Å². The molecule has 1 aromatic carbocycles. The Bertz CT molecular complexity index is 554. The Morgan fingerprint density at radius 2 is 2.17 bits per heavy atom. The van der Waals surface area contributed by atoms with Crippen molar-refractivity contribution in [1.29, 1.82) is 0 Å². The Balaban J connectivity index is 1.90. The molecule has 1 N–H and O–H groups in total. The lowest BCUT2D eigenvalue weighted by Gasteiger charge is -2.20. The van der Waals surface area contributed by atoms with Crippen LogP contribution in [0.25, 0.3) is 0 Å². The first-order valence-electron chi connectivity index (χ1n) is 5.98. The molecule has 0 radical (unpaired) electrons. The van der Waals surface area contributed by atoms with Gasteiger partial charge < -0.3 is 10.1 Å². The molecule has 1 aromatic heterocycles. The summed E-state index contributed by atoms with van der Waals surface area (Å²) in [6.45, 7) is 0.949. The molecule has 0 saturated heterocycles. The number of fused-ring (bicyclic) bond motifs is 1. The van der Waals surface area contributed by atoms with E-state index in [0.29, 0.717) is 5.88 Å². The van der Waals surface area contributed by atoms with Crippen LogP contribution < -0.4 is 10.1 Å². The highest BCUT2D eigenvalue weighted by Crippen LogP contribution is 2.34. The largest absolute Gasteiger partial charge is 0.437 e. The Morgan fingerprint density at radius 3 is 3.00 bits per heavy atom. The van der Waals surface area contributed by atoms with E-state index in [0.717, 1.165) is 37.0 Å². The lowest BCUT2D eigenvalue weighted by molar-refractivity contribution is 0.459. The summed E-state index contributed by atoms with van der Waals surface area (Å²) in [5.74, 6) is 0.777. The monoisotopic (exact) mass is 244 g/mol. The van der Waals surface area contributed by atoms with E-state index < -0.39 is 0 Å².